The van der Waals surface area contributed by atoms with Gasteiger partial charge in [0.25, 0.3) is 0 Å². The van der Waals surface area contributed by atoms with E-state index in [0.29, 0.717) is 0 Å². The number of carbonyl (C=O) groups is 2. The molecule has 1 N–H and O–H groups in total. The van der Waals surface area contributed by atoms with Crippen molar-refractivity contribution in [2.75, 3.05) is 0 Å². The fourth-order valence-electron chi connectivity index (χ4n) is 2.37. The van der Waals surface area contributed by atoms with E-state index < -0.39 is 11.6 Å². The van der Waals surface area contributed by atoms with E-state index in [4.69, 9.17) is 0 Å². The SMILES string of the molecule is CC1C(=O)NC(C)(C)C(=O)N1C(C)c1ccccn1. The van der Waals surface area contributed by atoms with E-state index in [2.05, 4.69) is 10.3 Å². The number of piperazine rings is 1. The molecule has 2 atom stereocenters. The molecule has 5 heteroatoms. The second kappa shape index (κ2) is 4.64. The predicted octanol–water partition coefficient (Wildman–Crippen LogP) is 1.27. The molecule has 2 unspecified atom stereocenters. The van der Waals surface area contributed by atoms with Crippen LogP contribution in [0.5, 0.6) is 0 Å². The predicted molar refractivity (Wildman–Crippen MR) is 71.2 cm³/mol. The molecule has 2 heterocycles. The van der Waals surface area contributed by atoms with Crippen LogP contribution in [0.3, 0.4) is 0 Å². The highest BCUT2D eigenvalue weighted by Crippen LogP contribution is 2.27. The minimum absolute atomic E-state index is 0.0854. The van der Waals surface area contributed by atoms with Gasteiger partial charge in [-0.1, -0.05) is 6.07 Å². The molecule has 1 saturated heterocycles. The maximum absolute atomic E-state index is 12.5. The van der Waals surface area contributed by atoms with Gasteiger partial charge in [-0.15, -0.1) is 0 Å². The minimum atomic E-state index is -0.868. The van der Waals surface area contributed by atoms with Gasteiger partial charge in [-0.25, -0.2) is 0 Å². The molecule has 1 aliphatic rings. The van der Waals surface area contributed by atoms with Crippen molar-refractivity contribution in [1.82, 2.24) is 15.2 Å². The number of nitrogens with zero attached hydrogens (tertiary/aromatic N) is 2. The van der Waals surface area contributed by atoms with Gasteiger partial charge in [0.15, 0.2) is 0 Å². The van der Waals surface area contributed by atoms with E-state index in [1.807, 2.05) is 25.1 Å². The fourth-order valence-corrected chi connectivity index (χ4v) is 2.37. The Kier molecular flexibility index (Phi) is 3.30. The summed E-state index contributed by atoms with van der Waals surface area (Å²) in [6.07, 6.45) is 1.69. The highest BCUT2D eigenvalue weighted by atomic mass is 16.2. The van der Waals surface area contributed by atoms with Crippen molar-refractivity contribution in [2.45, 2.75) is 45.3 Å². The molecule has 1 aromatic rings. The van der Waals surface area contributed by atoms with E-state index in [1.54, 1.807) is 31.9 Å². The normalized spacial score (nSPS) is 24.0. The van der Waals surface area contributed by atoms with E-state index in [1.165, 1.54) is 0 Å². The second-order valence-corrected chi connectivity index (χ2v) is 5.43. The van der Waals surface area contributed by atoms with Crippen molar-refractivity contribution in [3.63, 3.8) is 0 Å². The largest absolute Gasteiger partial charge is 0.340 e. The molecule has 2 amide bonds. The molecule has 2 rings (SSSR count). The van der Waals surface area contributed by atoms with E-state index in [0.717, 1.165) is 5.69 Å². The van der Waals surface area contributed by atoms with Gasteiger partial charge < -0.3 is 10.2 Å². The molecule has 5 nitrogen and oxygen atoms in total. The third kappa shape index (κ3) is 2.32. The number of nitrogens with one attached hydrogen (secondary N) is 1. The Morgan fingerprint density at radius 1 is 1.37 bits per heavy atom. The van der Waals surface area contributed by atoms with Crippen LogP contribution in [0.25, 0.3) is 0 Å². The quantitative estimate of drug-likeness (QED) is 0.872. The Balaban J connectivity index is 2.36. The summed E-state index contributed by atoms with van der Waals surface area (Å²) in [5, 5.41) is 2.74. The number of hydrogen-bond donors (Lipinski definition) is 1. The highest BCUT2D eigenvalue weighted by molar-refractivity contribution is 5.99. The van der Waals surface area contributed by atoms with Gasteiger partial charge >= 0.3 is 0 Å². The number of amides is 2. The molecule has 0 saturated carbocycles. The zero-order valence-electron chi connectivity index (χ0n) is 11.7. The lowest BCUT2D eigenvalue weighted by Gasteiger charge is -2.44. The third-order valence-corrected chi connectivity index (χ3v) is 3.53. The number of aromatic nitrogens is 1. The molecule has 0 bridgehead atoms. The highest BCUT2D eigenvalue weighted by Gasteiger charge is 2.45. The lowest BCUT2D eigenvalue weighted by Crippen LogP contribution is -2.67. The summed E-state index contributed by atoms with van der Waals surface area (Å²) in [5.74, 6) is -0.217. The molecule has 1 aliphatic heterocycles. The molecule has 1 fully saturated rings. The Morgan fingerprint density at radius 3 is 2.63 bits per heavy atom. The summed E-state index contributed by atoms with van der Waals surface area (Å²) in [5.41, 5.74) is -0.0830. The van der Waals surface area contributed by atoms with E-state index in [-0.39, 0.29) is 17.9 Å². The van der Waals surface area contributed by atoms with Gasteiger partial charge in [-0.3, -0.25) is 14.6 Å². The van der Waals surface area contributed by atoms with Crippen LogP contribution in [0.15, 0.2) is 24.4 Å². The van der Waals surface area contributed by atoms with Crippen LogP contribution in [0.4, 0.5) is 0 Å². The first-order valence-corrected chi connectivity index (χ1v) is 6.40. The maximum atomic E-state index is 12.5. The molecule has 0 aliphatic carbocycles. The molecule has 1 aromatic heterocycles. The van der Waals surface area contributed by atoms with Crippen LogP contribution in [0.1, 0.15) is 39.4 Å². The third-order valence-electron chi connectivity index (χ3n) is 3.53. The van der Waals surface area contributed by atoms with Crippen molar-refractivity contribution in [2.24, 2.45) is 0 Å². The van der Waals surface area contributed by atoms with Crippen LogP contribution in [-0.2, 0) is 9.59 Å². The second-order valence-electron chi connectivity index (χ2n) is 5.43. The Morgan fingerprint density at radius 2 is 2.05 bits per heavy atom. The minimum Gasteiger partial charge on any atom is -0.340 e. The lowest BCUT2D eigenvalue weighted by molar-refractivity contribution is -0.155. The van der Waals surface area contributed by atoms with Crippen molar-refractivity contribution >= 4 is 11.8 Å². The molecule has 0 spiro atoms. The van der Waals surface area contributed by atoms with Crippen LogP contribution < -0.4 is 5.32 Å². The van der Waals surface area contributed by atoms with Gasteiger partial charge in [0, 0.05) is 6.20 Å². The van der Waals surface area contributed by atoms with E-state index >= 15 is 0 Å². The molecule has 102 valence electrons. The lowest BCUT2D eigenvalue weighted by atomic mass is 9.95. The summed E-state index contributed by atoms with van der Waals surface area (Å²) in [6.45, 7) is 7.07. The van der Waals surface area contributed by atoms with Crippen molar-refractivity contribution in [3.8, 4) is 0 Å². The van der Waals surface area contributed by atoms with Crippen LogP contribution in [-0.4, -0.2) is 33.3 Å². The summed E-state index contributed by atoms with van der Waals surface area (Å²) in [4.78, 5) is 30.4. The molecular formula is C14H19N3O2. The Bertz CT molecular complexity index is 499. The maximum Gasteiger partial charge on any atom is 0.248 e. The van der Waals surface area contributed by atoms with Gasteiger partial charge in [-0.05, 0) is 39.8 Å². The number of carbonyl (C=O) groups excluding carboxylic acids is 2. The first-order chi connectivity index (χ1) is 8.84. The van der Waals surface area contributed by atoms with Crippen LogP contribution in [0.2, 0.25) is 0 Å². The summed E-state index contributed by atoms with van der Waals surface area (Å²) in [7, 11) is 0. The zero-order valence-corrected chi connectivity index (χ0v) is 11.7. The first-order valence-electron chi connectivity index (χ1n) is 6.40. The van der Waals surface area contributed by atoms with Crippen molar-refractivity contribution in [3.05, 3.63) is 30.1 Å². The average Bonchev–Trinajstić information content (AvgIpc) is 2.37. The molecule has 0 aromatic carbocycles. The topological polar surface area (TPSA) is 62.3 Å². The van der Waals surface area contributed by atoms with Crippen molar-refractivity contribution < 1.29 is 9.59 Å². The van der Waals surface area contributed by atoms with E-state index in [9.17, 15) is 9.59 Å². The number of hydrogen-bond acceptors (Lipinski definition) is 3. The standard InChI is InChI=1S/C14H19N3O2/c1-9(11-7-5-6-8-15-11)17-10(2)12(18)16-14(3,4)13(17)19/h5-10H,1-4H3,(H,16,18). The van der Waals surface area contributed by atoms with Gasteiger partial charge in [-0.2, -0.15) is 0 Å². The molecule has 19 heavy (non-hydrogen) atoms. The monoisotopic (exact) mass is 261 g/mol. The summed E-state index contributed by atoms with van der Waals surface area (Å²) >= 11 is 0. The first kappa shape index (κ1) is 13.5. The van der Waals surface area contributed by atoms with Crippen LogP contribution in [0, 0.1) is 0 Å². The van der Waals surface area contributed by atoms with Gasteiger partial charge in [0.1, 0.15) is 11.6 Å². The Labute approximate surface area is 113 Å². The molecule has 0 radical (unpaired) electrons. The molecular weight excluding hydrogens is 242 g/mol. The van der Waals surface area contributed by atoms with Gasteiger partial charge in [0.05, 0.1) is 11.7 Å². The zero-order chi connectivity index (χ0) is 14.2. The van der Waals surface area contributed by atoms with Crippen LogP contribution >= 0.6 is 0 Å². The fraction of sp³-hybridized carbons (Fsp3) is 0.500. The number of pyridine rings is 1. The van der Waals surface area contributed by atoms with Crippen molar-refractivity contribution in [1.29, 1.82) is 0 Å². The van der Waals surface area contributed by atoms with Gasteiger partial charge in [0.2, 0.25) is 11.8 Å². The summed E-state index contributed by atoms with van der Waals surface area (Å²) < 4.78 is 0. The number of rotatable bonds is 2. The smallest absolute Gasteiger partial charge is 0.248 e. The summed E-state index contributed by atoms with van der Waals surface area (Å²) in [6, 6.07) is 4.85. The average molecular weight is 261 g/mol. The Hall–Kier alpha value is -1.91.